The number of ketones is 1. The average Bonchev–Trinajstić information content (AvgIpc) is 2.43. The first-order valence-electron chi connectivity index (χ1n) is 5.85. The SMILES string of the molecule is COC1=CC(=O)C(O)=C/C1=C\C=Cc1ccccc1. The minimum absolute atomic E-state index is 0.278. The van der Waals surface area contributed by atoms with Crippen LogP contribution in [0.3, 0.4) is 0 Å². The van der Waals surface area contributed by atoms with Gasteiger partial charge < -0.3 is 9.84 Å². The van der Waals surface area contributed by atoms with Gasteiger partial charge in [-0.1, -0.05) is 48.6 Å². The summed E-state index contributed by atoms with van der Waals surface area (Å²) in [5.74, 6) is -0.276. The van der Waals surface area contributed by atoms with E-state index in [1.165, 1.54) is 19.3 Å². The molecule has 0 unspecified atom stereocenters. The summed E-state index contributed by atoms with van der Waals surface area (Å²) in [6.45, 7) is 0. The van der Waals surface area contributed by atoms with Gasteiger partial charge in [-0.05, 0) is 11.6 Å². The Balaban J connectivity index is 2.21. The van der Waals surface area contributed by atoms with E-state index in [1.54, 1.807) is 6.08 Å². The number of aliphatic hydroxyl groups is 1. The van der Waals surface area contributed by atoms with Crippen LogP contribution in [-0.2, 0) is 9.53 Å². The minimum atomic E-state index is -0.443. The van der Waals surface area contributed by atoms with Crippen molar-refractivity contribution in [2.24, 2.45) is 0 Å². The predicted octanol–water partition coefficient (Wildman–Crippen LogP) is 3.18. The zero-order valence-electron chi connectivity index (χ0n) is 10.5. The average molecular weight is 254 g/mol. The Bertz CT molecular complexity index is 590. The van der Waals surface area contributed by atoms with Crippen LogP contribution in [0.4, 0.5) is 0 Å². The Labute approximate surface area is 111 Å². The molecule has 1 N–H and O–H groups in total. The first-order valence-corrected chi connectivity index (χ1v) is 5.85. The number of methoxy groups -OCH3 is 1. The molecule has 0 bridgehead atoms. The van der Waals surface area contributed by atoms with Crippen molar-refractivity contribution in [1.82, 2.24) is 0 Å². The fraction of sp³-hybridized carbons (Fsp3) is 0.0625. The summed E-state index contributed by atoms with van der Waals surface area (Å²) in [6, 6.07) is 9.84. The van der Waals surface area contributed by atoms with Gasteiger partial charge in [0.2, 0.25) is 5.78 Å². The number of rotatable bonds is 3. The van der Waals surface area contributed by atoms with Crippen LogP contribution in [0.5, 0.6) is 0 Å². The largest absolute Gasteiger partial charge is 0.504 e. The van der Waals surface area contributed by atoms with Crippen LogP contribution in [0.1, 0.15) is 5.56 Å². The lowest BCUT2D eigenvalue weighted by Crippen LogP contribution is -2.07. The van der Waals surface area contributed by atoms with Gasteiger partial charge in [-0.15, -0.1) is 0 Å². The van der Waals surface area contributed by atoms with Crippen molar-refractivity contribution >= 4 is 11.9 Å². The lowest BCUT2D eigenvalue weighted by Gasteiger charge is -2.11. The smallest absolute Gasteiger partial charge is 0.223 e. The van der Waals surface area contributed by atoms with Crippen LogP contribution in [-0.4, -0.2) is 18.0 Å². The molecule has 0 aromatic heterocycles. The molecular formula is C16H14O3. The summed E-state index contributed by atoms with van der Waals surface area (Å²) < 4.78 is 5.11. The van der Waals surface area contributed by atoms with Crippen molar-refractivity contribution in [3.8, 4) is 0 Å². The maximum Gasteiger partial charge on any atom is 0.223 e. The number of carbonyl (C=O) groups is 1. The van der Waals surface area contributed by atoms with Gasteiger partial charge >= 0.3 is 0 Å². The summed E-state index contributed by atoms with van der Waals surface area (Å²) in [5, 5.41) is 9.42. The van der Waals surface area contributed by atoms with Crippen molar-refractivity contribution in [2.45, 2.75) is 0 Å². The molecule has 0 saturated carbocycles. The molecule has 0 heterocycles. The topological polar surface area (TPSA) is 46.5 Å². The molecule has 0 aliphatic heterocycles. The summed E-state index contributed by atoms with van der Waals surface area (Å²) in [6.07, 6.45) is 8.23. The summed E-state index contributed by atoms with van der Waals surface area (Å²) in [4.78, 5) is 11.3. The van der Waals surface area contributed by atoms with E-state index >= 15 is 0 Å². The second-order valence-electron chi connectivity index (χ2n) is 4.00. The van der Waals surface area contributed by atoms with Crippen LogP contribution in [0, 0.1) is 0 Å². The van der Waals surface area contributed by atoms with E-state index in [0.29, 0.717) is 11.3 Å². The number of hydrogen-bond acceptors (Lipinski definition) is 3. The lowest BCUT2D eigenvalue weighted by molar-refractivity contribution is -0.113. The number of ether oxygens (including phenoxy) is 1. The molecule has 19 heavy (non-hydrogen) atoms. The predicted molar refractivity (Wildman–Crippen MR) is 74.4 cm³/mol. The molecular weight excluding hydrogens is 240 g/mol. The first kappa shape index (κ1) is 12.9. The molecule has 3 heteroatoms. The molecule has 1 aliphatic rings. The number of hydrogen-bond donors (Lipinski definition) is 1. The Morgan fingerprint density at radius 1 is 1.16 bits per heavy atom. The van der Waals surface area contributed by atoms with Crippen molar-refractivity contribution in [3.05, 3.63) is 77.3 Å². The summed E-state index contributed by atoms with van der Waals surface area (Å²) in [5.41, 5.74) is 1.73. The number of allylic oxidation sites excluding steroid dienone is 4. The van der Waals surface area contributed by atoms with Gasteiger partial charge in [0.1, 0.15) is 5.76 Å². The number of aliphatic hydroxyl groups excluding tert-OH is 1. The lowest BCUT2D eigenvalue weighted by atomic mass is 10.0. The third-order valence-corrected chi connectivity index (χ3v) is 2.68. The molecule has 0 spiro atoms. The molecule has 0 atom stereocenters. The van der Waals surface area contributed by atoms with E-state index in [4.69, 9.17) is 4.74 Å². The Hall–Kier alpha value is -2.55. The summed E-state index contributed by atoms with van der Waals surface area (Å²) >= 11 is 0. The fourth-order valence-electron chi connectivity index (χ4n) is 1.70. The normalized spacial score (nSPS) is 17.5. The molecule has 1 aromatic rings. The van der Waals surface area contributed by atoms with E-state index in [0.717, 1.165) is 5.56 Å². The maximum absolute atomic E-state index is 11.3. The van der Waals surface area contributed by atoms with E-state index in [-0.39, 0.29) is 5.76 Å². The van der Waals surface area contributed by atoms with Crippen molar-refractivity contribution in [1.29, 1.82) is 0 Å². The molecule has 3 nitrogen and oxygen atoms in total. The molecule has 0 fully saturated rings. The molecule has 0 amide bonds. The van der Waals surface area contributed by atoms with Crippen LogP contribution in [0.15, 0.2) is 71.7 Å². The maximum atomic E-state index is 11.3. The quantitative estimate of drug-likeness (QED) is 0.901. The van der Waals surface area contributed by atoms with Gasteiger partial charge in [-0.25, -0.2) is 0 Å². The molecule has 1 aromatic carbocycles. The number of carbonyl (C=O) groups excluding carboxylic acids is 1. The molecule has 0 saturated heterocycles. The number of benzene rings is 1. The highest BCUT2D eigenvalue weighted by Gasteiger charge is 2.16. The second-order valence-corrected chi connectivity index (χ2v) is 4.00. The Kier molecular flexibility index (Phi) is 3.98. The summed E-state index contributed by atoms with van der Waals surface area (Å²) in [7, 11) is 1.49. The Morgan fingerprint density at radius 2 is 1.89 bits per heavy atom. The molecule has 2 rings (SSSR count). The van der Waals surface area contributed by atoms with Gasteiger partial charge in [0.25, 0.3) is 0 Å². The monoisotopic (exact) mass is 254 g/mol. The van der Waals surface area contributed by atoms with Gasteiger partial charge in [-0.2, -0.15) is 0 Å². The van der Waals surface area contributed by atoms with Crippen LogP contribution in [0.2, 0.25) is 0 Å². The third-order valence-electron chi connectivity index (χ3n) is 2.68. The highest BCUT2D eigenvalue weighted by atomic mass is 16.5. The van der Waals surface area contributed by atoms with Gasteiger partial charge in [0, 0.05) is 11.6 Å². The van der Waals surface area contributed by atoms with E-state index in [9.17, 15) is 9.90 Å². The van der Waals surface area contributed by atoms with E-state index in [2.05, 4.69) is 0 Å². The standard InChI is InChI=1S/C16H14O3/c1-19-16-11-15(18)14(17)10-13(16)9-5-8-12-6-3-2-4-7-12/h2-11,17H,1H3/b8-5?,13-9+. The van der Waals surface area contributed by atoms with Gasteiger partial charge in [0.15, 0.2) is 5.76 Å². The van der Waals surface area contributed by atoms with Crippen molar-refractivity contribution in [2.75, 3.05) is 7.11 Å². The Morgan fingerprint density at radius 3 is 2.58 bits per heavy atom. The highest BCUT2D eigenvalue weighted by molar-refractivity contribution is 6.04. The first-order chi connectivity index (χ1) is 9.20. The van der Waals surface area contributed by atoms with Crippen molar-refractivity contribution < 1.29 is 14.6 Å². The minimum Gasteiger partial charge on any atom is -0.504 e. The molecule has 96 valence electrons. The third kappa shape index (κ3) is 3.22. The van der Waals surface area contributed by atoms with Crippen LogP contribution >= 0.6 is 0 Å². The van der Waals surface area contributed by atoms with E-state index < -0.39 is 5.78 Å². The van der Waals surface area contributed by atoms with Gasteiger partial charge in [0.05, 0.1) is 7.11 Å². The zero-order valence-corrected chi connectivity index (χ0v) is 10.5. The van der Waals surface area contributed by atoms with Crippen LogP contribution < -0.4 is 0 Å². The highest BCUT2D eigenvalue weighted by Crippen LogP contribution is 2.20. The zero-order chi connectivity index (χ0) is 13.7. The fourth-order valence-corrected chi connectivity index (χ4v) is 1.70. The van der Waals surface area contributed by atoms with Crippen LogP contribution in [0.25, 0.3) is 6.08 Å². The van der Waals surface area contributed by atoms with Gasteiger partial charge in [-0.3, -0.25) is 4.79 Å². The second kappa shape index (κ2) is 5.87. The van der Waals surface area contributed by atoms with Crippen molar-refractivity contribution in [3.63, 3.8) is 0 Å². The molecule has 1 aliphatic carbocycles. The van der Waals surface area contributed by atoms with E-state index in [1.807, 2.05) is 42.5 Å². The molecule has 0 radical (unpaired) electrons.